The molecule has 24 heavy (non-hydrogen) atoms. The Kier molecular flexibility index (Phi) is 3.98. The Hall–Kier alpha value is -2.34. The molecule has 0 bridgehead atoms. The summed E-state index contributed by atoms with van der Waals surface area (Å²) in [4.78, 5) is 13.4. The number of nitrogens with one attached hydrogen (secondary N) is 1. The van der Waals surface area contributed by atoms with Crippen LogP contribution in [0.15, 0.2) is 30.3 Å². The Balaban J connectivity index is 1.54. The summed E-state index contributed by atoms with van der Waals surface area (Å²) >= 11 is 0. The monoisotopic (exact) mass is 324 g/mol. The second kappa shape index (κ2) is 6.28. The van der Waals surface area contributed by atoms with Crippen molar-refractivity contribution >= 4 is 17.6 Å². The van der Waals surface area contributed by atoms with Crippen molar-refractivity contribution in [1.82, 2.24) is 14.9 Å². The SMILES string of the molecule is CN1CCN(c2cc(NC3CCc4ccccc43)nc(N)n2)CC1. The molecule has 1 saturated heterocycles. The van der Waals surface area contributed by atoms with Gasteiger partial charge in [-0.15, -0.1) is 0 Å². The molecular weight excluding hydrogens is 300 g/mol. The topological polar surface area (TPSA) is 70.3 Å². The van der Waals surface area contributed by atoms with Gasteiger partial charge in [0.15, 0.2) is 0 Å². The van der Waals surface area contributed by atoms with Crippen molar-refractivity contribution in [1.29, 1.82) is 0 Å². The maximum atomic E-state index is 5.96. The number of anilines is 3. The van der Waals surface area contributed by atoms with E-state index in [1.54, 1.807) is 0 Å². The first-order valence-corrected chi connectivity index (χ1v) is 8.61. The molecule has 1 atom stereocenters. The molecule has 0 radical (unpaired) electrons. The maximum Gasteiger partial charge on any atom is 0.223 e. The van der Waals surface area contributed by atoms with Gasteiger partial charge in [0.1, 0.15) is 11.6 Å². The minimum Gasteiger partial charge on any atom is -0.368 e. The van der Waals surface area contributed by atoms with Gasteiger partial charge < -0.3 is 20.9 Å². The Morgan fingerprint density at radius 3 is 2.75 bits per heavy atom. The Bertz CT molecular complexity index is 723. The molecule has 2 aromatic rings. The zero-order chi connectivity index (χ0) is 16.5. The zero-order valence-electron chi connectivity index (χ0n) is 14.1. The van der Waals surface area contributed by atoms with Gasteiger partial charge in [-0.05, 0) is 31.0 Å². The van der Waals surface area contributed by atoms with Crippen molar-refractivity contribution in [2.45, 2.75) is 18.9 Å². The highest BCUT2D eigenvalue weighted by Gasteiger charge is 2.23. The first-order chi connectivity index (χ1) is 11.7. The van der Waals surface area contributed by atoms with Crippen LogP contribution in [-0.2, 0) is 6.42 Å². The van der Waals surface area contributed by atoms with Gasteiger partial charge in [-0.2, -0.15) is 9.97 Å². The average Bonchev–Trinajstić information content (AvgIpc) is 2.98. The number of nitrogens with two attached hydrogens (primary N) is 1. The lowest BCUT2D eigenvalue weighted by Crippen LogP contribution is -2.44. The van der Waals surface area contributed by atoms with Crippen LogP contribution in [0.2, 0.25) is 0 Å². The van der Waals surface area contributed by atoms with Gasteiger partial charge in [0.25, 0.3) is 0 Å². The van der Waals surface area contributed by atoms with Gasteiger partial charge in [0.2, 0.25) is 5.95 Å². The van der Waals surface area contributed by atoms with E-state index in [4.69, 9.17) is 5.73 Å². The van der Waals surface area contributed by atoms with E-state index in [0.717, 1.165) is 50.7 Å². The van der Waals surface area contributed by atoms with E-state index in [-0.39, 0.29) is 0 Å². The highest BCUT2D eigenvalue weighted by Crippen LogP contribution is 2.33. The van der Waals surface area contributed by atoms with Gasteiger partial charge >= 0.3 is 0 Å². The number of nitrogen functional groups attached to an aromatic ring is 1. The molecular formula is C18H24N6. The number of aryl methyl sites for hydroxylation is 1. The fourth-order valence-corrected chi connectivity index (χ4v) is 3.61. The van der Waals surface area contributed by atoms with Crippen molar-refractivity contribution in [3.8, 4) is 0 Å². The Morgan fingerprint density at radius 1 is 1.12 bits per heavy atom. The largest absolute Gasteiger partial charge is 0.368 e. The molecule has 4 rings (SSSR count). The highest BCUT2D eigenvalue weighted by molar-refractivity contribution is 5.54. The molecule has 1 unspecified atom stereocenters. The highest BCUT2D eigenvalue weighted by atomic mass is 15.3. The minimum atomic E-state index is 0.302. The van der Waals surface area contributed by atoms with Crippen molar-refractivity contribution < 1.29 is 0 Å². The second-order valence-electron chi connectivity index (χ2n) is 6.69. The van der Waals surface area contributed by atoms with E-state index in [1.165, 1.54) is 11.1 Å². The smallest absolute Gasteiger partial charge is 0.223 e. The normalized spacial score (nSPS) is 20.9. The van der Waals surface area contributed by atoms with E-state index in [0.29, 0.717) is 12.0 Å². The van der Waals surface area contributed by atoms with Gasteiger partial charge in [-0.1, -0.05) is 24.3 Å². The number of rotatable bonds is 3. The number of likely N-dealkylation sites (N-methyl/N-ethyl adjacent to an activating group) is 1. The maximum absolute atomic E-state index is 5.96. The average molecular weight is 324 g/mol. The third-order valence-corrected chi connectivity index (χ3v) is 5.01. The van der Waals surface area contributed by atoms with Crippen LogP contribution in [0.25, 0.3) is 0 Å². The summed E-state index contributed by atoms with van der Waals surface area (Å²) in [6.45, 7) is 4.03. The van der Waals surface area contributed by atoms with Crippen molar-refractivity contribution in [2.24, 2.45) is 0 Å². The van der Waals surface area contributed by atoms with Crippen LogP contribution in [0.5, 0.6) is 0 Å². The van der Waals surface area contributed by atoms with Gasteiger partial charge in [0.05, 0.1) is 6.04 Å². The molecule has 0 spiro atoms. The Morgan fingerprint density at radius 2 is 1.92 bits per heavy atom. The minimum absolute atomic E-state index is 0.302. The van der Waals surface area contributed by atoms with Crippen LogP contribution in [-0.4, -0.2) is 48.1 Å². The number of nitrogens with zero attached hydrogens (tertiary/aromatic N) is 4. The summed E-state index contributed by atoms with van der Waals surface area (Å²) < 4.78 is 0. The number of fused-ring (bicyclic) bond motifs is 1. The lowest BCUT2D eigenvalue weighted by atomic mass is 10.1. The van der Waals surface area contributed by atoms with E-state index in [1.807, 2.05) is 6.07 Å². The van der Waals surface area contributed by atoms with Crippen LogP contribution < -0.4 is 16.0 Å². The molecule has 3 N–H and O–H groups in total. The molecule has 1 aromatic heterocycles. The summed E-state index contributed by atoms with van der Waals surface area (Å²) in [7, 11) is 2.15. The quantitative estimate of drug-likeness (QED) is 0.899. The molecule has 1 aliphatic carbocycles. The van der Waals surface area contributed by atoms with Crippen molar-refractivity contribution in [3.63, 3.8) is 0 Å². The van der Waals surface area contributed by atoms with Gasteiger partial charge in [-0.3, -0.25) is 0 Å². The van der Waals surface area contributed by atoms with Crippen LogP contribution in [0.4, 0.5) is 17.6 Å². The molecule has 2 heterocycles. The van der Waals surface area contributed by atoms with Crippen LogP contribution in [0.1, 0.15) is 23.6 Å². The summed E-state index contributed by atoms with van der Waals surface area (Å²) in [5.74, 6) is 2.07. The second-order valence-corrected chi connectivity index (χ2v) is 6.69. The van der Waals surface area contributed by atoms with Gasteiger partial charge in [-0.25, -0.2) is 0 Å². The number of hydrogen-bond donors (Lipinski definition) is 2. The Labute approximate surface area is 142 Å². The van der Waals surface area contributed by atoms with E-state index >= 15 is 0 Å². The first-order valence-electron chi connectivity index (χ1n) is 8.61. The zero-order valence-corrected chi connectivity index (χ0v) is 14.1. The van der Waals surface area contributed by atoms with E-state index < -0.39 is 0 Å². The molecule has 126 valence electrons. The predicted octanol–water partition coefficient (Wildman–Crippen LogP) is 1.91. The predicted molar refractivity (Wildman–Crippen MR) is 97.3 cm³/mol. The standard InChI is InChI=1S/C18H24N6/c1-23-8-10-24(11-9-23)17-12-16(21-18(19)22-17)20-15-7-6-13-4-2-3-5-14(13)15/h2-5,12,15H,6-11H2,1H3,(H3,19,20,21,22). The van der Waals surface area contributed by atoms with Crippen LogP contribution in [0.3, 0.4) is 0 Å². The number of hydrogen-bond acceptors (Lipinski definition) is 6. The van der Waals surface area contributed by atoms with Gasteiger partial charge in [0, 0.05) is 32.2 Å². The molecule has 6 heteroatoms. The summed E-state index contributed by atoms with van der Waals surface area (Å²) in [6.07, 6.45) is 2.20. The molecule has 0 saturated carbocycles. The third-order valence-electron chi connectivity index (χ3n) is 5.01. The summed E-state index contributed by atoms with van der Waals surface area (Å²) in [6, 6.07) is 10.9. The van der Waals surface area contributed by atoms with Crippen LogP contribution in [0, 0.1) is 0 Å². The molecule has 2 aliphatic rings. The fourth-order valence-electron chi connectivity index (χ4n) is 3.61. The molecule has 1 aliphatic heterocycles. The molecule has 6 nitrogen and oxygen atoms in total. The number of aromatic nitrogens is 2. The number of piperazine rings is 1. The lowest BCUT2D eigenvalue weighted by molar-refractivity contribution is 0.312. The van der Waals surface area contributed by atoms with Crippen molar-refractivity contribution in [2.75, 3.05) is 49.2 Å². The van der Waals surface area contributed by atoms with Crippen LogP contribution >= 0.6 is 0 Å². The van der Waals surface area contributed by atoms with E-state index in [9.17, 15) is 0 Å². The molecule has 1 aromatic carbocycles. The molecule has 0 amide bonds. The third kappa shape index (κ3) is 3.01. The van der Waals surface area contributed by atoms with E-state index in [2.05, 4.69) is 56.4 Å². The lowest BCUT2D eigenvalue weighted by Gasteiger charge is -2.33. The number of benzene rings is 1. The summed E-state index contributed by atoms with van der Waals surface area (Å²) in [5, 5.41) is 3.56. The van der Waals surface area contributed by atoms with Crippen molar-refractivity contribution in [3.05, 3.63) is 41.5 Å². The fraction of sp³-hybridized carbons (Fsp3) is 0.444. The summed E-state index contributed by atoms with van der Waals surface area (Å²) in [5.41, 5.74) is 8.76. The first kappa shape index (κ1) is 15.2. The molecule has 1 fully saturated rings.